The highest BCUT2D eigenvalue weighted by Crippen LogP contribution is 2.22. The summed E-state index contributed by atoms with van der Waals surface area (Å²) in [6, 6.07) is 17.1. The monoisotopic (exact) mass is 427 g/mol. The van der Waals surface area contributed by atoms with Gasteiger partial charge in [-0.25, -0.2) is 0 Å². The topological polar surface area (TPSA) is 78.5 Å². The van der Waals surface area contributed by atoms with Crippen LogP contribution < -0.4 is 15.8 Å². The van der Waals surface area contributed by atoms with Crippen LogP contribution in [0.15, 0.2) is 66.0 Å². The zero-order valence-corrected chi connectivity index (χ0v) is 17.1. The predicted molar refractivity (Wildman–Crippen MR) is 114 cm³/mol. The Morgan fingerprint density at radius 2 is 1.69 bits per heavy atom. The fourth-order valence-electron chi connectivity index (χ4n) is 2.66. The molecular formula is C21H18ClN3O3S. The molecule has 0 aliphatic rings. The second-order valence-corrected chi connectivity index (χ2v) is 7.55. The van der Waals surface area contributed by atoms with E-state index in [1.807, 2.05) is 5.38 Å². The van der Waals surface area contributed by atoms with Gasteiger partial charge in [0, 0.05) is 12.1 Å². The van der Waals surface area contributed by atoms with Gasteiger partial charge in [-0.3, -0.25) is 25.2 Å². The van der Waals surface area contributed by atoms with E-state index in [4.69, 9.17) is 11.6 Å². The van der Waals surface area contributed by atoms with Gasteiger partial charge in [0.05, 0.1) is 22.5 Å². The zero-order valence-electron chi connectivity index (χ0n) is 15.5. The minimum Gasteiger partial charge on any atom is -0.310 e. The van der Waals surface area contributed by atoms with Crippen LogP contribution in [0.3, 0.4) is 0 Å². The SMILES string of the molecule is CN(C(=O)c1cccs1)c1ccccc1C(=O)NNC(=O)Cc1ccc(Cl)cc1. The van der Waals surface area contributed by atoms with E-state index in [-0.39, 0.29) is 23.8 Å². The first-order valence-corrected chi connectivity index (χ1v) is 9.95. The Kier molecular flexibility index (Phi) is 6.64. The predicted octanol–water partition coefficient (Wildman–Crippen LogP) is 3.68. The summed E-state index contributed by atoms with van der Waals surface area (Å²) in [5.41, 5.74) is 6.27. The summed E-state index contributed by atoms with van der Waals surface area (Å²) < 4.78 is 0. The molecule has 0 fully saturated rings. The first-order valence-electron chi connectivity index (χ1n) is 8.70. The molecule has 29 heavy (non-hydrogen) atoms. The highest BCUT2D eigenvalue weighted by Gasteiger charge is 2.20. The quantitative estimate of drug-likeness (QED) is 0.609. The van der Waals surface area contributed by atoms with Gasteiger partial charge >= 0.3 is 0 Å². The number of hydrogen-bond donors (Lipinski definition) is 2. The molecule has 0 aliphatic heterocycles. The molecule has 148 valence electrons. The van der Waals surface area contributed by atoms with E-state index in [1.54, 1.807) is 67.7 Å². The van der Waals surface area contributed by atoms with Gasteiger partial charge in [-0.15, -0.1) is 11.3 Å². The molecule has 2 aromatic carbocycles. The lowest BCUT2D eigenvalue weighted by atomic mass is 10.1. The molecule has 3 amide bonds. The zero-order chi connectivity index (χ0) is 20.8. The number of benzene rings is 2. The van der Waals surface area contributed by atoms with Gasteiger partial charge in [-0.1, -0.05) is 41.9 Å². The van der Waals surface area contributed by atoms with Crippen LogP contribution in [0.1, 0.15) is 25.6 Å². The number of halogens is 1. The van der Waals surface area contributed by atoms with Crippen molar-refractivity contribution in [2.45, 2.75) is 6.42 Å². The van der Waals surface area contributed by atoms with Crippen LogP contribution in [0.4, 0.5) is 5.69 Å². The largest absolute Gasteiger partial charge is 0.310 e. The summed E-state index contributed by atoms with van der Waals surface area (Å²) >= 11 is 7.16. The summed E-state index contributed by atoms with van der Waals surface area (Å²) in [6.45, 7) is 0. The molecular weight excluding hydrogens is 410 g/mol. The minimum absolute atomic E-state index is 0.0931. The van der Waals surface area contributed by atoms with E-state index in [0.29, 0.717) is 15.6 Å². The maximum atomic E-state index is 12.6. The average molecular weight is 428 g/mol. The number of nitrogens with zero attached hydrogens (tertiary/aromatic N) is 1. The van der Waals surface area contributed by atoms with Crippen LogP contribution in [-0.4, -0.2) is 24.8 Å². The number of thiophene rings is 1. The summed E-state index contributed by atoms with van der Waals surface area (Å²) in [6.07, 6.45) is 0.0931. The smallest absolute Gasteiger partial charge is 0.271 e. The Hall–Kier alpha value is -3.16. The standard InChI is InChI=1S/C21H18ClN3O3S/c1-25(21(28)18-7-4-12-29-18)17-6-3-2-5-16(17)20(27)24-23-19(26)13-14-8-10-15(22)11-9-14/h2-12H,13H2,1H3,(H,23,26)(H,24,27). The molecule has 0 bridgehead atoms. The molecule has 0 unspecified atom stereocenters. The van der Waals surface area contributed by atoms with E-state index in [1.165, 1.54) is 16.2 Å². The third-order valence-electron chi connectivity index (χ3n) is 4.14. The number of carbonyl (C=O) groups is 3. The van der Waals surface area contributed by atoms with Crippen molar-refractivity contribution in [2.24, 2.45) is 0 Å². The fourth-order valence-corrected chi connectivity index (χ4v) is 3.48. The van der Waals surface area contributed by atoms with Crippen molar-refractivity contribution in [1.29, 1.82) is 0 Å². The van der Waals surface area contributed by atoms with Crippen molar-refractivity contribution in [3.8, 4) is 0 Å². The molecule has 3 aromatic rings. The number of nitrogens with one attached hydrogen (secondary N) is 2. The van der Waals surface area contributed by atoms with Gasteiger partial charge in [0.15, 0.2) is 0 Å². The number of hydrazine groups is 1. The van der Waals surface area contributed by atoms with Gasteiger partial charge in [0.1, 0.15) is 0 Å². The van der Waals surface area contributed by atoms with Crippen molar-refractivity contribution in [1.82, 2.24) is 10.9 Å². The summed E-state index contributed by atoms with van der Waals surface area (Å²) in [7, 11) is 1.60. The minimum atomic E-state index is -0.518. The summed E-state index contributed by atoms with van der Waals surface area (Å²) in [5.74, 6) is -1.11. The maximum absolute atomic E-state index is 12.6. The number of anilines is 1. The number of amides is 3. The van der Waals surface area contributed by atoms with Gasteiger partial charge in [-0.05, 0) is 41.3 Å². The molecule has 0 atom stereocenters. The van der Waals surface area contributed by atoms with Crippen LogP contribution in [-0.2, 0) is 11.2 Å². The normalized spacial score (nSPS) is 10.3. The van der Waals surface area contributed by atoms with Crippen molar-refractivity contribution in [2.75, 3.05) is 11.9 Å². The highest BCUT2D eigenvalue weighted by atomic mass is 35.5. The fraction of sp³-hybridized carbons (Fsp3) is 0.0952. The van der Waals surface area contributed by atoms with Crippen molar-refractivity contribution >= 4 is 46.3 Å². The van der Waals surface area contributed by atoms with Crippen LogP contribution in [0.25, 0.3) is 0 Å². The average Bonchev–Trinajstić information content (AvgIpc) is 3.27. The second kappa shape index (κ2) is 9.36. The third kappa shape index (κ3) is 5.22. The molecule has 0 spiro atoms. The van der Waals surface area contributed by atoms with Gasteiger partial charge in [0.25, 0.3) is 11.8 Å². The van der Waals surface area contributed by atoms with Crippen LogP contribution in [0.2, 0.25) is 5.02 Å². The van der Waals surface area contributed by atoms with E-state index >= 15 is 0 Å². The number of para-hydroxylation sites is 1. The molecule has 1 heterocycles. The first-order chi connectivity index (χ1) is 14.0. The Morgan fingerprint density at radius 1 is 0.966 bits per heavy atom. The Balaban J connectivity index is 1.66. The molecule has 0 aliphatic carbocycles. The van der Waals surface area contributed by atoms with E-state index in [9.17, 15) is 14.4 Å². The third-order valence-corrected chi connectivity index (χ3v) is 5.25. The highest BCUT2D eigenvalue weighted by molar-refractivity contribution is 7.12. The summed E-state index contributed by atoms with van der Waals surface area (Å²) in [5, 5.41) is 2.40. The van der Waals surface area contributed by atoms with Gasteiger partial charge < -0.3 is 4.90 Å². The molecule has 0 saturated heterocycles. The van der Waals surface area contributed by atoms with Gasteiger partial charge in [0.2, 0.25) is 5.91 Å². The Morgan fingerprint density at radius 3 is 2.38 bits per heavy atom. The molecule has 1 aromatic heterocycles. The first kappa shape index (κ1) is 20.6. The number of hydrogen-bond acceptors (Lipinski definition) is 4. The van der Waals surface area contributed by atoms with E-state index in [0.717, 1.165) is 5.56 Å². The van der Waals surface area contributed by atoms with E-state index < -0.39 is 5.91 Å². The lowest BCUT2D eigenvalue weighted by molar-refractivity contribution is -0.121. The lowest BCUT2D eigenvalue weighted by Crippen LogP contribution is -2.43. The molecule has 0 saturated carbocycles. The molecule has 8 heteroatoms. The van der Waals surface area contributed by atoms with Crippen molar-refractivity contribution < 1.29 is 14.4 Å². The second-order valence-electron chi connectivity index (χ2n) is 6.16. The van der Waals surface area contributed by atoms with E-state index in [2.05, 4.69) is 10.9 Å². The molecule has 3 rings (SSSR count). The molecule has 6 nitrogen and oxygen atoms in total. The van der Waals surface area contributed by atoms with Crippen LogP contribution in [0.5, 0.6) is 0 Å². The van der Waals surface area contributed by atoms with Crippen LogP contribution >= 0.6 is 22.9 Å². The number of carbonyl (C=O) groups excluding carboxylic acids is 3. The van der Waals surface area contributed by atoms with Crippen molar-refractivity contribution in [3.05, 3.63) is 87.1 Å². The Labute approximate surface area is 177 Å². The number of rotatable bonds is 5. The maximum Gasteiger partial charge on any atom is 0.271 e. The lowest BCUT2D eigenvalue weighted by Gasteiger charge is -2.20. The summed E-state index contributed by atoms with van der Waals surface area (Å²) in [4.78, 5) is 39.3. The molecule has 2 N–H and O–H groups in total. The Bertz CT molecular complexity index is 1020. The van der Waals surface area contributed by atoms with Crippen LogP contribution in [0, 0.1) is 0 Å². The van der Waals surface area contributed by atoms with Gasteiger partial charge in [-0.2, -0.15) is 0 Å². The van der Waals surface area contributed by atoms with Crippen molar-refractivity contribution in [3.63, 3.8) is 0 Å². The molecule has 0 radical (unpaired) electrons.